The van der Waals surface area contributed by atoms with Crippen molar-refractivity contribution >= 4 is 29.2 Å². The number of carboxylic acid groups (broad SMARTS) is 2. The summed E-state index contributed by atoms with van der Waals surface area (Å²) in [6, 6.07) is 3.50. The van der Waals surface area contributed by atoms with Gasteiger partial charge in [0, 0.05) is 5.69 Å². The van der Waals surface area contributed by atoms with Gasteiger partial charge in [0.15, 0.2) is 0 Å². The molecule has 5 nitrogen and oxygen atoms in total. The molecule has 0 bridgehead atoms. The predicted octanol–water partition coefficient (Wildman–Crippen LogP) is 1.45. The largest absolute Gasteiger partial charge is 0.480 e. The van der Waals surface area contributed by atoms with Crippen LogP contribution >= 0.6 is 11.6 Å². The van der Waals surface area contributed by atoms with Gasteiger partial charge in [-0.2, -0.15) is 0 Å². The Balaban J connectivity index is 2.98. The van der Waals surface area contributed by atoms with E-state index < -0.39 is 30.8 Å². The first-order valence-electron chi connectivity index (χ1n) is 4.53. The summed E-state index contributed by atoms with van der Waals surface area (Å²) >= 11 is 5.53. The van der Waals surface area contributed by atoms with Gasteiger partial charge < -0.3 is 15.1 Å². The van der Waals surface area contributed by atoms with Crippen molar-refractivity contribution in [2.75, 3.05) is 18.0 Å². The van der Waals surface area contributed by atoms with Crippen LogP contribution in [0, 0.1) is 5.82 Å². The highest BCUT2D eigenvalue weighted by molar-refractivity contribution is 6.31. The smallest absolute Gasteiger partial charge is 0.323 e. The average Bonchev–Trinajstić information content (AvgIpc) is 2.19. The molecule has 0 radical (unpaired) electrons. The molecule has 0 unspecified atom stereocenters. The molecule has 1 aromatic rings. The van der Waals surface area contributed by atoms with Crippen LogP contribution < -0.4 is 4.90 Å². The molecule has 0 heterocycles. The quantitative estimate of drug-likeness (QED) is 0.839. The van der Waals surface area contributed by atoms with Crippen molar-refractivity contribution in [3.8, 4) is 0 Å². The van der Waals surface area contributed by atoms with Crippen molar-refractivity contribution in [1.29, 1.82) is 0 Å². The highest BCUT2D eigenvalue weighted by Crippen LogP contribution is 2.22. The Morgan fingerprint density at radius 3 is 2.18 bits per heavy atom. The summed E-state index contributed by atoms with van der Waals surface area (Å²) in [5.74, 6) is -3.03. The fourth-order valence-corrected chi connectivity index (χ4v) is 1.42. The summed E-state index contributed by atoms with van der Waals surface area (Å²) in [6.45, 7) is -1.01. The van der Waals surface area contributed by atoms with Gasteiger partial charge >= 0.3 is 11.9 Å². The number of aliphatic carboxylic acids is 2. The molecule has 0 aliphatic heterocycles. The van der Waals surface area contributed by atoms with Crippen LogP contribution in [0.3, 0.4) is 0 Å². The lowest BCUT2D eigenvalue weighted by molar-refractivity contribution is -0.136. The molecular weight excluding hydrogens is 253 g/mol. The van der Waals surface area contributed by atoms with Crippen LogP contribution in [-0.4, -0.2) is 35.2 Å². The number of hydrogen-bond acceptors (Lipinski definition) is 3. The molecule has 0 aromatic heterocycles. The summed E-state index contributed by atoms with van der Waals surface area (Å²) in [5, 5.41) is 17.1. The van der Waals surface area contributed by atoms with Gasteiger partial charge in [-0.25, -0.2) is 4.39 Å². The molecule has 17 heavy (non-hydrogen) atoms. The molecule has 0 spiro atoms. The normalized spacial score (nSPS) is 10.0. The molecule has 0 atom stereocenters. The third-order valence-electron chi connectivity index (χ3n) is 1.92. The molecule has 2 N–H and O–H groups in total. The summed E-state index contributed by atoms with van der Waals surface area (Å²) in [5.41, 5.74) is 0.237. The maximum atomic E-state index is 12.9. The summed E-state index contributed by atoms with van der Waals surface area (Å²) in [4.78, 5) is 22.2. The average molecular weight is 262 g/mol. The van der Waals surface area contributed by atoms with Crippen LogP contribution in [0.25, 0.3) is 0 Å². The second-order valence-corrected chi connectivity index (χ2v) is 3.65. The second kappa shape index (κ2) is 5.49. The topological polar surface area (TPSA) is 77.8 Å². The lowest BCUT2D eigenvalue weighted by Crippen LogP contribution is -2.34. The zero-order valence-corrected chi connectivity index (χ0v) is 9.32. The summed E-state index contributed by atoms with van der Waals surface area (Å²) < 4.78 is 12.9. The minimum atomic E-state index is -1.19. The van der Waals surface area contributed by atoms with E-state index in [9.17, 15) is 14.0 Å². The van der Waals surface area contributed by atoms with Gasteiger partial charge in [-0.05, 0) is 18.2 Å². The lowest BCUT2D eigenvalue weighted by atomic mass is 10.2. The number of halogens is 2. The zero-order valence-electron chi connectivity index (χ0n) is 8.56. The van der Waals surface area contributed by atoms with E-state index in [2.05, 4.69) is 0 Å². The van der Waals surface area contributed by atoms with Crippen LogP contribution in [0.2, 0.25) is 5.02 Å². The number of rotatable bonds is 5. The molecule has 0 saturated heterocycles. The van der Waals surface area contributed by atoms with Crippen LogP contribution in [0.4, 0.5) is 10.1 Å². The third-order valence-corrected chi connectivity index (χ3v) is 2.21. The SMILES string of the molecule is O=C(O)CN(CC(=O)O)c1ccc(F)c(Cl)c1. The zero-order chi connectivity index (χ0) is 13.0. The maximum absolute atomic E-state index is 12.9. The van der Waals surface area contributed by atoms with Crippen LogP contribution in [0.5, 0.6) is 0 Å². The predicted molar refractivity (Wildman–Crippen MR) is 58.9 cm³/mol. The fourth-order valence-electron chi connectivity index (χ4n) is 1.25. The van der Waals surface area contributed by atoms with Gasteiger partial charge in [0.25, 0.3) is 0 Å². The number of benzene rings is 1. The van der Waals surface area contributed by atoms with E-state index >= 15 is 0 Å². The standard InChI is InChI=1S/C10H9ClFNO4/c11-7-3-6(1-2-8(7)12)13(4-9(14)15)5-10(16)17/h1-3H,4-5H2,(H,14,15)(H,16,17). The van der Waals surface area contributed by atoms with Gasteiger partial charge in [-0.1, -0.05) is 11.6 Å². The molecule has 0 fully saturated rings. The van der Waals surface area contributed by atoms with E-state index in [0.717, 1.165) is 11.0 Å². The Hall–Kier alpha value is -1.82. The summed E-state index contributed by atoms with van der Waals surface area (Å²) in [7, 11) is 0. The van der Waals surface area contributed by atoms with E-state index in [1.165, 1.54) is 12.1 Å². The van der Waals surface area contributed by atoms with Gasteiger partial charge in [0.05, 0.1) is 5.02 Å². The number of nitrogens with zero attached hydrogens (tertiary/aromatic N) is 1. The van der Waals surface area contributed by atoms with Crippen LogP contribution in [0.1, 0.15) is 0 Å². The van der Waals surface area contributed by atoms with Gasteiger partial charge in [-0.3, -0.25) is 9.59 Å². The number of anilines is 1. The third kappa shape index (κ3) is 3.92. The Bertz CT molecular complexity index is 436. The first kappa shape index (κ1) is 13.2. The molecule has 1 aromatic carbocycles. The second-order valence-electron chi connectivity index (χ2n) is 3.24. The highest BCUT2D eigenvalue weighted by atomic mass is 35.5. The Labute approximate surface area is 101 Å². The van der Waals surface area contributed by atoms with Crippen molar-refractivity contribution in [3.05, 3.63) is 29.0 Å². The highest BCUT2D eigenvalue weighted by Gasteiger charge is 2.15. The number of carbonyl (C=O) groups is 2. The molecule has 0 amide bonds. The Morgan fingerprint density at radius 2 is 1.76 bits per heavy atom. The van der Waals surface area contributed by atoms with E-state index in [1.54, 1.807) is 0 Å². The molecule has 0 saturated carbocycles. The van der Waals surface area contributed by atoms with Gasteiger partial charge in [0.1, 0.15) is 18.9 Å². The monoisotopic (exact) mass is 261 g/mol. The van der Waals surface area contributed by atoms with E-state index in [1.807, 2.05) is 0 Å². The minimum Gasteiger partial charge on any atom is -0.480 e. The Kier molecular flexibility index (Phi) is 4.28. The first-order chi connectivity index (χ1) is 7.90. The van der Waals surface area contributed by atoms with Crippen molar-refractivity contribution in [3.63, 3.8) is 0 Å². The van der Waals surface area contributed by atoms with Crippen molar-refractivity contribution < 1.29 is 24.2 Å². The minimum absolute atomic E-state index is 0.191. The van der Waals surface area contributed by atoms with Crippen LogP contribution in [0.15, 0.2) is 18.2 Å². The van der Waals surface area contributed by atoms with E-state index in [-0.39, 0.29) is 10.7 Å². The molecule has 92 valence electrons. The summed E-state index contributed by atoms with van der Waals surface area (Å²) in [6.07, 6.45) is 0. The number of carboxylic acids is 2. The van der Waals surface area contributed by atoms with Gasteiger partial charge in [0.2, 0.25) is 0 Å². The van der Waals surface area contributed by atoms with E-state index in [0.29, 0.717) is 0 Å². The molecule has 1 rings (SSSR count). The van der Waals surface area contributed by atoms with E-state index in [4.69, 9.17) is 21.8 Å². The van der Waals surface area contributed by atoms with Gasteiger partial charge in [-0.15, -0.1) is 0 Å². The molecule has 7 heteroatoms. The maximum Gasteiger partial charge on any atom is 0.323 e. The van der Waals surface area contributed by atoms with Crippen molar-refractivity contribution in [2.24, 2.45) is 0 Å². The molecular formula is C10H9ClFNO4. The van der Waals surface area contributed by atoms with Crippen LogP contribution in [-0.2, 0) is 9.59 Å². The fraction of sp³-hybridized carbons (Fsp3) is 0.200. The first-order valence-corrected chi connectivity index (χ1v) is 4.91. The Morgan fingerprint density at radius 1 is 1.24 bits per heavy atom. The number of hydrogen-bond donors (Lipinski definition) is 2. The lowest BCUT2D eigenvalue weighted by Gasteiger charge is -2.20. The van der Waals surface area contributed by atoms with Crippen molar-refractivity contribution in [2.45, 2.75) is 0 Å². The van der Waals surface area contributed by atoms with Crippen molar-refractivity contribution in [1.82, 2.24) is 0 Å². The molecule has 0 aliphatic carbocycles. The molecule has 0 aliphatic rings.